The van der Waals surface area contributed by atoms with Crippen LogP contribution in [-0.2, 0) is 4.79 Å². The molecule has 1 atom stereocenters. The summed E-state index contributed by atoms with van der Waals surface area (Å²) in [6, 6.07) is 8.52. The molecule has 2 nitrogen and oxygen atoms in total. The summed E-state index contributed by atoms with van der Waals surface area (Å²) < 4.78 is 0. The van der Waals surface area contributed by atoms with E-state index < -0.39 is 0 Å². The molecule has 0 amide bonds. The Labute approximate surface area is 110 Å². The lowest BCUT2D eigenvalue weighted by molar-refractivity contribution is -0.122. The van der Waals surface area contributed by atoms with Gasteiger partial charge in [-0.2, -0.15) is 0 Å². The Hall–Kier alpha value is -1.31. The highest BCUT2D eigenvalue weighted by Crippen LogP contribution is 2.23. The quantitative estimate of drug-likeness (QED) is 0.759. The smallest absolute Gasteiger partial charge is 0.137 e. The third-order valence-electron chi connectivity index (χ3n) is 3.90. The number of benzene rings is 1. The molecule has 0 spiro atoms. The fourth-order valence-electron chi connectivity index (χ4n) is 2.66. The molecule has 1 aromatic rings. The summed E-state index contributed by atoms with van der Waals surface area (Å²) in [5.41, 5.74) is 2.48. The molecule has 0 radical (unpaired) electrons. The Morgan fingerprint density at radius 2 is 1.89 bits per heavy atom. The van der Waals surface area contributed by atoms with E-state index in [0.29, 0.717) is 5.78 Å². The van der Waals surface area contributed by atoms with Crippen LogP contribution in [0, 0.1) is 12.8 Å². The number of hydrogen-bond donors (Lipinski definition) is 0. The van der Waals surface area contributed by atoms with Gasteiger partial charge in [-0.1, -0.05) is 30.5 Å². The van der Waals surface area contributed by atoms with Crippen molar-refractivity contribution in [3.05, 3.63) is 29.8 Å². The standard InChI is InChI=1S/C16H23NO/c1-13-8-10-15(11-9-13)17(2)12-14-6-4-3-5-7-16(14)18/h8-11,14H,3-7,12H2,1-2H3. The van der Waals surface area contributed by atoms with E-state index in [1.54, 1.807) is 0 Å². The van der Waals surface area contributed by atoms with Crippen molar-refractivity contribution in [2.75, 3.05) is 18.5 Å². The van der Waals surface area contributed by atoms with Crippen LogP contribution in [0.15, 0.2) is 24.3 Å². The van der Waals surface area contributed by atoms with Gasteiger partial charge in [-0.25, -0.2) is 0 Å². The number of carbonyl (C=O) groups is 1. The maximum atomic E-state index is 12.0. The van der Waals surface area contributed by atoms with E-state index >= 15 is 0 Å². The first-order chi connectivity index (χ1) is 8.66. The van der Waals surface area contributed by atoms with Crippen LogP contribution >= 0.6 is 0 Å². The molecule has 2 heteroatoms. The zero-order valence-electron chi connectivity index (χ0n) is 11.5. The highest BCUT2D eigenvalue weighted by atomic mass is 16.1. The van der Waals surface area contributed by atoms with Gasteiger partial charge in [-0.05, 0) is 31.9 Å². The average molecular weight is 245 g/mol. The molecule has 1 aliphatic rings. The van der Waals surface area contributed by atoms with Crippen molar-refractivity contribution >= 4 is 11.5 Å². The van der Waals surface area contributed by atoms with E-state index in [9.17, 15) is 4.79 Å². The Bertz CT molecular complexity index is 396. The van der Waals surface area contributed by atoms with Gasteiger partial charge in [0.25, 0.3) is 0 Å². The molecule has 1 fully saturated rings. The van der Waals surface area contributed by atoms with Crippen molar-refractivity contribution in [3.8, 4) is 0 Å². The number of hydrogen-bond acceptors (Lipinski definition) is 2. The number of ketones is 1. The Kier molecular flexibility index (Phi) is 4.40. The van der Waals surface area contributed by atoms with Gasteiger partial charge < -0.3 is 4.90 Å². The van der Waals surface area contributed by atoms with Crippen molar-refractivity contribution in [1.29, 1.82) is 0 Å². The van der Waals surface area contributed by atoms with Gasteiger partial charge in [0.1, 0.15) is 5.78 Å². The Morgan fingerprint density at radius 3 is 2.61 bits per heavy atom. The SMILES string of the molecule is Cc1ccc(N(C)CC2CCCCCC2=O)cc1. The first kappa shape index (κ1) is 13.1. The summed E-state index contributed by atoms with van der Waals surface area (Å²) in [5, 5.41) is 0. The van der Waals surface area contributed by atoms with Gasteiger partial charge in [-0.15, -0.1) is 0 Å². The normalized spacial score (nSPS) is 20.6. The first-order valence-electron chi connectivity index (χ1n) is 6.97. The molecule has 0 aromatic heterocycles. The number of carbonyl (C=O) groups excluding carboxylic acids is 1. The summed E-state index contributed by atoms with van der Waals surface area (Å²) in [6.07, 6.45) is 5.36. The maximum Gasteiger partial charge on any atom is 0.137 e. The monoisotopic (exact) mass is 245 g/mol. The summed E-state index contributed by atoms with van der Waals surface area (Å²) >= 11 is 0. The summed E-state index contributed by atoms with van der Waals surface area (Å²) in [5.74, 6) is 0.699. The van der Waals surface area contributed by atoms with Crippen molar-refractivity contribution in [1.82, 2.24) is 0 Å². The van der Waals surface area contributed by atoms with Crippen LogP contribution in [0.3, 0.4) is 0 Å². The molecule has 0 saturated heterocycles. The average Bonchev–Trinajstić information content (AvgIpc) is 2.56. The van der Waals surface area contributed by atoms with Crippen LogP contribution in [0.5, 0.6) is 0 Å². The lowest BCUT2D eigenvalue weighted by atomic mass is 9.98. The first-order valence-corrected chi connectivity index (χ1v) is 6.97. The molecule has 1 aromatic carbocycles. The molecule has 18 heavy (non-hydrogen) atoms. The van der Waals surface area contributed by atoms with Crippen molar-refractivity contribution < 1.29 is 4.79 Å². The molecule has 0 bridgehead atoms. The number of nitrogens with zero attached hydrogens (tertiary/aromatic N) is 1. The second-order valence-electron chi connectivity index (χ2n) is 5.48. The van der Waals surface area contributed by atoms with Gasteiger partial charge in [0.2, 0.25) is 0 Å². The number of anilines is 1. The number of Topliss-reactive ketones (excluding diaryl/α,β-unsaturated/α-hetero) is 1. The Morgan fingerprint density at radius 1 is 1.17 bits per heavy atom. The molecule has 2 rings (SSSR count). The molecule has 1 aliphatic carbocycles. The third-order valence-corrected chi connectivity index (χ3v) is 3.90. The van der Waals surface area contributed by atoms with E-state index in [1.165, 1.54) is 24.1 Å². The molecule has 1 unspecified atom stereocenters. The zero-order chi connectivity index (χ0) is 13.0. The molecular weight excluding hydrogens is 222 g/mol. The number of rotatable bonds is 3. The minimum atomic E-state index is 0.235. The molecule has 0 N–H and O–H groups in total. The highest BCUT2D eigenvalue weighted by molar-refractivity contribution is 5.81. The van der Waals surface area contributed by atoms with Crippen LogP contribution < -0.4 is 4.90 Å². The lowest BCUT2D eigenvalue weighted by Crippen LogP contribution is -2.29. The third kappa shape index (κ3) is 3.34. The van der Waals surface area contributed by atoms with Crippen molar-refractivity contribution in [2.45, 2.75) is 39.0 Å². The fourth-order valence-corrected chi connectivity index (χ4v) is 2.66. The molecule has 0 heterocycles. The number of aryl methyl sites for hydroxylation is 1. The van der Waals surface area contributed by atoms with Gasteiger partial charge in [-0.3, -0.25) is 4.79 Å². The van der Waals surface area contributed by atoms with E-state index in [0.717, 1.165) is 25.8 Å². The van der Waals surface area contributed by atoms with Crippen LogP contribution in [0.4, 0.5) is 5.69 Å². The van der Waals surface area contributed by atoms with Crippen molar-refractivity contribution in [3.63, 3.8) is 0 Å². The molecule has 0 aliphatic heterocycles. The van der Waals surface area contributed by atoms with E-state index in [1.807, 2.05) is 0 Å². The van der Waals surface area contributed by atoms with E-state index in [2.05, 4.69) is 43.1 Å². The van der Waals surface area contributed by atoms with E-state index in [-0.39, 0.29) is 5.92 Å². The maximum absolute atomic E-state index is 12.0. The predicted octanol–water partition coefficient (Wildman–Crippen LogP) is 3.58. The van der Waals surface area contributed by atoms with Gasteiger partial charge in [0.15, 0.2) is 0 Å². The van der Waals surface area contributed by atoms with Crippen molar-refractivity contribution in [2.24, 2.45) is 5.92 Å². The van der Waals surface area contributed by atoms with E-state index in [4.69, 9.17) is 0 Å². The second-order valence-corrected chi connectivity index (χ2v) is 5.48. The summed E-state index contributed by atoms with van der Waals surface area (Å²) in [4.78, 5) is 14.2. The molecule has 1 saturated carbocycles. The highest BCUT2D eigenvalue weighted by Gasteiger charge is 2.22. The second kappa shape index (κ2) is 6.03. The topological polar surface area (TPSA) is 20.3 Å². The predicted molar refractivity (Wildman–Crippen MR) is 76.0 cm³/mol. The van der Waals surface area contributed by atoms with Crippen LogP contribution in [-0.4, -0.2) is 19.4 Å². The van der Waals surface area contributed by atoms with Gasteiger partial charge in [0, 0.05) is 31.6 Å². The van der Waals surface area contributed by atoms with Gasteiger partial charge in [0.05, 0.1) is 0 Å². The molecular formula is C16H23NO. The summed E-state index contributed by atoms with van der Waals surface area (Å²) in [6.45, 7) is 2.96. The lowest BCUT2D eigenvalue weighted by Gasteiger charge is -2.24. The zero-order valence-corrected chi connectivity index (χ0v) is 11.5. The largest absolute Gasteiger partial charge is 0.374 e. The molecule has 98 valence electrons. The Balaban J connectivity index is 1.99. The fraction of sp³-hybridized carbons (Fsp3) is 0.562. The van der Waals surface area contributed by atoms with Crippen LogP contribution in [0.25, 0.3) is 0 Å². The van der Waals surface area contributed by atoms with Crippen LogP contribution in [0.2, 0.25) is 0 Å². The summed E-state index contributed by atoms with van der Waals surface area (Å²) in [7, 11) is 2.09. The minimum Gasteiger partial charge on any atom is -0.374 e. The van der Waals surface area contributed by atoms with Gasteiger partial charge >= 0.3 is 0 Å². The minimum absolute atomic E-state index is 0.235. The van der Waals surface area contributed by atoms with Crippen LogP contribution in [0.1, 0.15) is 37.7 Å².